The van der Waals surface area contributed by atoms with Crippen LogP contribution in [0, 0.1) is 0 Å². The zero-order valence-electron chi connectivity index (χ0n) is 7.97. The van der Waals surface area contributed by atoms with Gasteiger partial charge in [-0.15, -0.1) is 0 Å². The zero-order valence-corrected chi connectivity index (χ0v) is 7.97. The number of methoxy groups -OCH3 is 1. The molecule has 80 valence electrons. The minimum absolute atomic E-state index is 0.196. The van der Waals surface area contributed by atoms with Crippen LogP contribution in [0.5, 0.6) is 0 Å². The normalized spacial score (nSPS) is 9.67. The predicted molar refractivity (Wildman–Crippen MR) is 48.5 cm³/mol. The van der Waals surface area contributed by atoms with Crippen LogP contribution in [0.15, 0.2) is 18.3 Å². The highest BCUT2D eigenvalue weighted by Crippen LogP contribution is 2.06. The van der Waals surface area contributed by atoms with Gasteiger partial charge in [0.15, 0.2) is 12.5 Å². The molecule has 0 radical (unpaired) electrons. The third-order valence-corrected chi connectivity index (χ3v) is 1.54. The molecule has 0 aromatic carbocycles. The molecule has 0 atom stereocenters. The van der Waals surface area contributed by atoms with Gasteiger partial charge in [-0.1, -0.05) is 0 Å². The molecular weight excluding hydrogens is 202 g/mol. The monoisotopic (exact) mass is 211 g/mol. The molecule has 0 bridgehead atoms. The van der Waals surface area contributed by atoms with Gasteiger partial charge >= 0.3 is 11.9 Å². The van der Waals surface area contributed by atoms with Gasteiger partial charge in [0.05, 0.1) is 5.56 Å². The van der Waals surface area contributed by atoms with Gasteiger partial charge in [-0.2, -0.15) is 0 Å². The number of aromatic carboxylic acids is 1. The molecule has 1 aromatic heterocycles. The maximum absolute atomic E-state index is 11.3. The van der Waals surface area contributed by atoms with Crippen molar-refractivity contribution in [1.82, 2.24) is 4.98 Å². The number of rotatable bonds is 4. The molecule has 1 aromatic rings. The number of pyridine rings is 1. The van der Waals surface area contributed by atoms with Gasteiger partial charge in [0.1, 0.15) is 0 Å². The maximum atomic E-state index is 11.3. The van der Waals surface area contributed by atoms with Crippen molar-refractivity contribution in [2.75, 3.05) is 13.9 Å². The van der Waals surface area contributed by atoms with E-state index in [4.69, 9.17) is 5.11 Å². The average molecular weight is 211 g/mol. The van der Waals surface area contributed by atoms with Crippen molar-refractivity contribution in [3.8, 4) is 0 Å². The molecule has 6 heteroatoms. The second-order valence-electron chi connectivity index (χ2n) is 2.54. The maximum Gasteiger partial charge on any atom is 0.359 e. The van der Waals surface area contributed by atoms with Crippen LogP contribution in [0.3, 0.4) is 0 Å². The first-order valence-electron chi connectivity index (χ1n) is 4.01. The van der Waals surface area contributed by atoms with E-state index in [2.05, 4.69) is 14.5 Å². The van der Waals surface area contributed by atoms with E-state index in [1.54, 1.807) is 0 Å². The molecule has 0 aliphatic rings. The summed E-state index contributed by atoms with van der Waals surface area (Å²) in [5.74, 6) is -2.05. The Bertz CT molecular complexity index is 377. The lowest BCUT2D eigenvalue weighted by molar-refractivity contribution is -0.0132. The SMILES string of the molecule is COCOC(=O)c1ncccc1C(=O)O. The first-order valence-corrected chi connectivity index (χ1v) is 4.01. The fraction of sp³-hybridized carbons (Fsp3) is 0.222. The number of hydrogen-bond acceptors (Lipinski definition) is 5. The third kappa shape index (κ3) is 2.75. The number of hydrogen-bond donors (Lipinski definition) is 1. The van der Waals surface area contributed by atoms with E-state index >= 15 is 0 Å². The smallest absolute Gasteiger partial charge is 0.359 e. The number of ether oxygens (including phenoxy) is 2. The number of carbonyl (C=O) groups excluding carboxylic acids is 1. The van der Waals surface area contributed by atoms with E-state index in [-0.39, 0.29) is 18.1 Å². The van der Waals surface area contributed by atoms with Gasteiger partial charge in [-0.25, -0.2) is 14.6 Å². The van der Waals surface area contributed by atoms with Crippen molar-refractivity contribution < 1.29 is 24.2 Å². The van der Waals surface area contributed by atoms with Crippen LogP contribution in [0.25, 0.3) is 0 Å². The third-order valence-electron chi connectivity index (χ3n) is 1.54. The van der Waals surface area contributed by atoms with Crippen LogP contribution in [-0.2, 0) is 9.47 Å². The molecule has 0 saturated carbocycles. The summed E-state index contributed by atoms with van der Waals surface area (Å²) in [6, 6.07) is 2.70. The van der Waals surface area contributed by atoms with E-state index in [1.165, 1.54) is 25.4 Å². The average Bonchev–Trinajstić information content (AvgIpc) is 2.25. The number of carbonyl (C=O) groups is 2. The molecule has 0 amide bonds. The first kappa shape index (κ1) is 11.1. The minimum Gasteiger partial charge on any atom is -0.478 e. The van der Waals surface area contributed by atoms with Crippen molar-refractivity contribution in [3.05, 3.63) is 29.6 Å². The van der Waals surface area contributed by atoms with E-state index < -0.39 is 11.9 Å². The Morgan fingerprint density at radius 2 is 2.27 bits per heavy atom. The van der Waals surface area contributed by atoms with E-state index in [0.717, 1.165) is 0 Å². The standard InChI is InChI=1S/C9H9NO5/c1-14-5-15-9(13)7-6(8(11)12)3-2-4-10-7/h2-4H,5H2,1H3,(H,11,12). The van der Waals surface area contributed by atoms with Crippen LogP contribution >= 0.6 is 0 Å². The molecule has 0 fully saturated rings. The number of nitrogens with zero attached hydrogens (tertiary/aromatic N) is 1. The molecule has 6 nitrogen and oxygen atoms in total. The largest absolute Gasteiger partial charge is 0.478 e. The number of esters is 1. The number of carboxylic acid groups (broad SMARTS) is 1. The highest BCUT2D eigenvalue weighted by molar-refractivity contribution is 6.00. The number of aromatic nitrogens is 1. The predicted octanol–water partition coefficient (Wildman–Crippen LogP) is 0.540. The Morgan fingerprint density at radius 1 is 1.53 bits per heavy atom. The Hall–Kier alpha value is -1.95. The van der Waals surface area contributed by atoms with Crippen molar-refractivity contribution in [1.29, 1.82) is 0 Å². The minimum atomic E-state index is -1.23. The van der Waals surface area contributed by atoms with Gasteiger partial charge in [-0.3, -0.25) is 0 Å². The summed E-state index contributed by atoms with van der Waals surface area (Å²) in [7, 11) is 1.35. The Morgan fingerprint density at radius 3 is 2.87 bits per heavy atom. The zero-order chi connectivity index (χ0) is 11.3. The molecule has 1 heterocycles. The van der Waals surface area contributed by atoms with E-state index in [0.29, 0.717) is 0 Å². The van der Waals surface area contributed by atoms with Gasteiger partial charge in [0.2, 0.25) is 0 Å². The van der Waals surface area contributed by atoms with Crippen molar-refractivity contribution in [2.45, 2.75) is 0 Å². The fourth-order valence-corrected chi connectivity index (χ4v) is 0.921. The molecule has 0 spiro atoms. The summed E-state index contributed by atoms with van der Waals surface area (Å²) < 4.78 is 9.10. The Balaban J connectivity index is 2.92. The Labute approximate surface area is 85.5 Å². The summed E-state index contributed by atoms with van der Waals surface area (Å²) in [6.07, 6.45) is 1.32. The molecule has 1 N–H and O–H groups in total. The van der Waals surface area contributed by atoms with E-state index in [1.807, 2.05) is 0 Å². The van der Waals surface area contributed by atoms with E-state index in [9.17, 15) is 9.59 Å². The van der Waals surface area contributed by atoms with Gasteiger partial charge < -0.3 is 14.6 Å². The summed E-state index contributed by atoms with van der Waals surface area (Å²) >= 11 is 0. The van der Waals surface area contributed by atoms with Crippen molar-refractivity contribution >= 4 is 11.9 Å². The van der Waals surface area contributed by atoms with Crippen LogP contribution < -0.4 is 0 Å². The molecule has 1 rings (SSSR count). The molecule has 15 heavy (non-hydrogen) atoms. The molecular formula is C9H9NO5. The molecule has 0 saturated heterocycles. The summed E-state index contributed by atoms with van der Waals surface area (Å²) in [4.78, 5) is 25.7. The van der Waals surface area contributed by atoms with Crippen LogP contribution in [-0.4, -0.2) is 35.9 Å². The summed E-state index contributed by atoms with van der Waals surface area (Å²) in [6.45, 7) is -0.242. The Kier molecular flexibility index (Phi) is 3.75. The topological polar surface area (TPSA) is 85.7 Å². The second kappa shape index (κ2) is 5.06. The fourth-order valence-electron chi connectivity index (χ4n) is 0.921. The number of carboxylic acids is 1. The van der Waals surface area contributed by atoms with Crippen molar-refractivity contribution in [2.24, 2.45) is 0 Å². The molecule has 0 aliphatic heterocycles. The van der Waals surface area contributed by atoms with Gasteiger partial charge in [0.25, 0.3) is 0 Å². The van der Waals surface area contributed by atoms with Gasteiger partial charge in [-0.05, 0) is 12.1 Å². The lowest BCUT2D eigenvalue weighted by atomic mass is 10.2. The first-order chi connectivity index (χ1) is 7.16. The van der Waals surface area contributed by atoms with Crippen LogP contribution in [0.2, 0.25) is 0 Å². The van der Waals surface area contributed by atoms with Gasteiger partial charge in [0, 0.05) is 13.3 Å². The molecule has 0 aliphatic carbocycles. The lowest BCUT2D eigenvalue weighted by Gasteiger charge is -2.04. The van der Waals surface area contributed by atoms with Crippen LogP contribution in [0.4, 0.5) is 0 Å². The highest BCUT2D eigenvalue weighted by atomic mass is 16.7. The van der Waals surface area contributed by atoms with Crippen molar-refractivity contribution in [3.63, 3.8) is 0 Å². The highest BCUT2D eigenvalue weighted by Gasteiger charge is 2.18. The molecule has 0 unspecified atom stereocenters. The summed E-state index contributed by atoms with van der Waals surface area (Å²) in [5.41, 5.74) is -0.430. The second-order valence-corrected chi connectivity index (χ2v) is 2.54. The van der Waals surface area contributed by atoms with Crippen LogP contribution in [0.1, 0.15) is 20.8 Å². The summed E-state index contributed by atoms with van der Waals surface area (Å²) in [5, 5.41) is 8.76. The quantitative estimate of drug-likeness (QED) is 0.577. The lowest BCUT2D eigenvalue weighted by Crippen LogP contribution is -2.14.